The zero-order valence-electron chi connectivity index (χ0n) is 12.5. The van der Waals surface area contributed by atoms with Crippen LogP contribution in [0, 0.1) is 0 Å². The van der Waals surface area contributed by atoms with Gasteiger partial charge < -0.3 is 10.1 Å². The first-order chi connectivity index (χ1) is 11.4. The van der Waals surface area contributed by atoms with E-state index < -0.39 is 5.60 Å². The summed E-state index contributed by atoms with van der Waals surface area (Å²) in [6, 6.07) is 25.0. The van der Waals surface area contributed by atoms with Crippen LogP contribution >= 0.6 is 0 Å². The highest BCUT2D eigenvalue weighted by atomic mass is 16.5. The van der Waals surface area contributed by atoms with Crippen molar-refractivity contribution in [3.8, 4) is 0 Å². The fourth-order valence-electron chi connectivity index (χ4n) is 3.56. The summed E-state index contributed by atoms with van der Waals surface area (Å²) in [5, 5.41) is 5.84. The van der Waals surface area contributed by atoms with E-state index in [4.69, 9.17) is 4.74 Å². The second kappa shape index (κ2) is 4.50. The molecule has 23 heavy (non-hydrogen) atoms. The molecule has 2 heteroatoms. The molecule has 2 aliphatic rings. The minimum Gasteiger partial charge on any atom is -0.480 e. The molecule has 1 N–H and O–H groups in total. The Balaban J connectivity index is 1.89. The zero-order valence-corrected chi connectivity index (χ0v) is 12.5. The molecule has 0 bridgehead atoms. The lowest BCUT2D eigenvalue weighted by Crippen LogP contribution is -2.40. The molecule has 0 radical (unpaired) electrons. The molecule has 0 saturated carbocycles. The number of fused-ring (bicyclic) bond motifs is 5. The monoisotopic (exact) mass is 297 g/mol. The molecule has 0 aliphatic carbocycles. The van der Waals surface area contributed by atoms with Gasteiger partial charge in [0.15, 0.2) is 5.60 Å². The van der Waals surface area contributed by atoms with Crippen LogP contribution in [-0.2, 0) is 10.3 Å². The average molecular weight is 297 g/mol. The molecule has 2 nitrogen and oxygen atoms in total. The molecule has 3 aromatic carbocycles. The normalized spacial score (nSPS) is 15.8. The lowest BCUT2D eigenvalue weighted by Gasteiger charge is -2.39. The molecule has 0 aromatic heterocycles. The van der Waals surface area contributed by atoms with Crippen molar-refractivity contribution in [3.05, 3.63) is 94.4 Å². The highest BCUT2D eigenvalue weighted by molar-refractivity contribution is 5.80. The Labute approximate surface area is 134 Å². The van der Waals surface area contributed by atoms with Gasteiger partial charge in [-0.1, -0.05) is 60.7 Å². The van der Waals surface area contributed by atoms with E-state index in [0.29, 0.717) is 0 Å². The van der Waals surface area contributed by atoms with Crippen molar-refractivity contribution in [1.29, 1.82) is 0 Å². The smallest absolute Gasteiger partial charge is 0.181 e. The quantitative estimate of drug-likeness (QED) is 0.688. The molecule has 5 rings (SSSR count). The largest absolute Gasteiger partial charge is 0.480 e. The Morgan fingerprint density at radius 2 is 1.22 bits per heavy atom. The summed E-state index contributed by atoms with van der Waals surface area (Å²) in [4.78, 5) is 0. The predicted octanol–water partition coefficient (Wildman–Crippen LogP) is 3.24. The molecular formula is C21H15NO. The van der Waals surface area contributed by atoms with Crippen molar-refractivity contribution in [2.24, 2.45) is 0 Å². The van der Waals surface area contributed by atoms with E-state index in [0.717, 1.165) is 27.7 Å². The van der Waals surface area contributed by atoms with Crippen LogP contribution in [0.3, 0.4) is 0 Å². The van der Waals surface area contributed by atoms with Gasteiger partial charge in [0.05, 0.1) is 6.26 Å². The van der Waals surface area contributed by atoms with Gasteiger partial charge in [-0.25, -0.2) is 0 Å². The van der Waals surface area contributed by atoms with Gasteiger partial charge in [0.2, 0.25) is 0 Å². The summed E-state index contributed by atoms with van der Waals surface area (Å²) in [6.45, 7) is 0. The maximum absolute atomic E-state index is 6.37. The fraction of sp³-hybridized carbons (Fsp3) is 0.0476. The summed E-state index contributed by atoms with van der Waals surface area (Å²) >= 11 is 0. The number of rotatable bonds is 0. The van der Waals surface area contributed by atoms with Gasteiger partial charge in [0.25, 0.3) is 0 Å². The molecule has 0 fully saturated rings. The molecule has 0 amide bonds. The van der Waals surface area contributed by atoms with Gasteiger partial charge in [-0.05, 0) is 23.4 Å². The number of hydrogen-bond acceptors (Lipinski definition) is 2. The van der Waals surface area contributed by atoms with E-state index in [1.807, 2.05) is 24.5 Å². The maximum atomic E-state index is 6.37. The third-order valence-electron chi connectivity index (χ3n) is 4.65. The Morgan fingerprint density at radius 3 is 1.91 bits per heavy atom. The van der Waals surface area contributed by atoms with Gasteiger partial charge in [-0.2, -0.15) is 0 Å². The molecular weight excluding hydrogens is 282 g/mol. The van der Waals surface area contributed by atoms with Crippen molar-refractivity contribution < 1.29 is 4.74 Å². The third kappa shape index (κ3) is 1.69. The highest BCUT2D eigenvalue weighted by Gasteiger charge is 2.41. The molecule has 0 saturated heterocycles. The van der Waals surface area contributed by atoms with Crippen LogP contribution in [0.5, 0.6) is 0 Å². The molecule has 3 aromatic rings. The van der Waals surface area contributed by atoms with Crippen LogP contribution in [0.2, 0.25) is 0 Å². The SMILES string of the molecule is C1=c2ccccc2=CC2(O1)c1ccccc1Nc1ccccc12. The van der Waals surface area contributed by atoms with Gasteiger partial charge in [-0.15, -0.1) is 0 Å². The van der Waals surface area contributed by atoms with Crippen molar-refractivity contribution in [1.82, 2.24) is 0 Å². The zero-order chi connectivity index (χ0) is 15.3. The summed E-state index contributed by atoms with van der Waals surface area (Å²) in [6.07, 6.45) is 4.12. The summed E-state index contributed by atoms with van der Waals surface area (Å²) in [7, 11) is 0. The summed E-state index contributed by atoms with van der Waals surface area (Å²) in [5.41, 5.74) is 3.90. The topological polar surface area (TPSA) is 21.3 Å². The standard InChI is InChI=1S/C21H15NO/c1-2-8-16-14-23-21(13-15(16)7-1)17-9-3-5-11-19(17)22-20-12-6-4-10-18(20)21/h1-14,22H. The second-order valence-electron chi connectivity index (χ2n) is 5.96. The van der Waals surface area contributed by atoms with Crippen molar-refractivity contribution in [2.75, 3.05) is 5.32 Å². The number of nitrogens with one attached hydrogen (secondary N) is 1. The van der Waals surface area contributed by atoms with E-state index in [-0.39, 0.29) is 0 Å². The van der Waals surface area contributed by atoms with Crippen LogP contribution in [-0.4, -0.2) is 0 Å². The maximum Gasteiger partial charge on any atom is 0.181 e. The van der Waals surface area contributed by atoms with Gasteiger partial charge >= 0.3 is 0 Å². The van der Waals surface area contributed by atoms with E-state index >= 15 is 0 Å². The molecule has 0 unspecified atom stereocenters. The number of para-hydroxylation sites is 2. The number of ether oxygens (including phenoxy) is 1. The lowest BCUT2D eigenvalue weighted by molar-refractivity contribution is 0.153. The van der Waals surface area contributed by atoms with E-state index in [1.165, 1.54) is 5.22 Å². The van der Waals surface area contributed by atoms with Gasteiger partial charge in [0.1, 0.15) is 0 Å². The predicted molar refractivity (Wildman–Crippen MR) is 92.7 cm³/mol. The van der Waals surface area contributed by atoms with Crippen LogP contribution < -0.4 is 15.8 Å². The van der Waals surface area contributed by atoms with Crippen LogP contribution in [0.15, 0.2) is 72.8 Å². The number of anilines is 2. The number of hydrogen-bond donors (Lipinski definition) is 1. The Morgan fingerprint density at radius 1 is 0.652 bits per heavy atom. The van der Waals surface area contributed by atoms with E-state index in [9.17, 15) is 0 Å². The van der Waals surface area contributed by atoms with Crippen molar-refractivity contribution in [3.63, 3.8) is 0 Å². The van der Waals surface area contributed by atoms with E-state index in [2.05, 4.69) is 66.0 Å². The van der Waals surface area contributed by atoms with E-state index in [1.54, 1.807) is 0 Å². The summed E-state index contributed by atoms with van der Waals surface area (Å²) in [5.74, 6) is 0. The van der Waals surface area contributed by atoms with Crippen LogP contribution in [0.25, 0.3) is 12.3 Å². The minimum atomic E-state index is -0.577. The molecule has 110 valence electrons. The molecule has 2 aliphatic heterocycles. The average Bonchev–Trinajstić information content (AvgIpc) is 2.62. The second-order valence-corrected chi connectivity index (χ2v) is 5.96. The van der Waals surface area contributed by atoms with Crippen LogP contribution in [0.4, 0.5) is 11.4 Å². The summed E-state index contributed by atoms with van der Waals surface area (Å²) < 4.78 is 6.37. The third-order valence-corrected chi connectivity index (χ3v) is 4.65. The fourth-order valence-corrected chi connectivity index (χ4v) is 3.56. The van der Waals surface area contributed by atoms with Gasteiger partial charge in [-0.3, -0.25) is 0 Å². The van der Waals surface area contributed by atoms with Crippen LogP contribution in [0.1, 0.15) is 11.1 Å². The minimum absolute atomic E-state index is 0.577. The number of benzene rings is 3. The Hall–Kier alpha value is -3.00. The lowest BCUT2D eigenvalue weighted by atomic mass is 9.80. The first-order valence-electron chi connectivity index (χ1n) is 7.79. The Bertz CT molecular complexity index is 990. The van der Waals surface area contributed by atoms with Crippen molar-refractivity contribution >= 4 is 23.7 Å². The molecule has 1 spiro atoms. The molecule has 2 heterocycles. The Kier molecular flexibility index (Phi) is 2.45. The highest BCUT2D eigenvalue weighted by Crippen LogP contribution is 2.47. The van der Waals surface area contributed by atoms with Gasteiger partial charge in [0, 0.05) is 27.7 Å². The van der Waals surface area contributed by atoms with Crippen molar-refractivity contribution in [2.45, 2.75) is 5.60 Å². The first kappa shape index (κ1) is 12.5. The molecule has 0 atom stereocenters. The first-order valence-corrected chi connectivity index (χ1v) is 7.79.